The lowest BCUT2D eigenvalue weighted by atomic mass is 10.1. The monoisotopic (exact) mass is 249 g/mol. The maximum atomic E-state index is 11.8. The summed E-state index contributed by atoms with van der Waals surface area (Å²) in [4.78, 5) is 16.2. The molecule has 19 heavy (non-hydrogen) atoms. The topological polar surface area (TPSA) is 58.6 Å². The third-order valence-corrected chi connectivity index (χ3v) is 2.78. The Balaban J connectivity index is 2.15. The van der Waals surface area contributed by atoms with Crippen molar-refractivity contribution < 1.29 is 0 Å². The van der Waals surface area contributed by atoms with E-state index >= 15 is 0 Å². The fraction of sp³-hybridized carbons (Fsp3) is 0. The molecule has 0 fully saturated rings. The number of aromatic amines is 1. The van der Waals surface area contributed by atoms with Crippen LogP contribution < -0.4 is 5.56 Å². The molecule has 1 N–H and O–H groups in total. The zero-order valence-electron chi connectivity index (χ0n) is 10.1. The maximum absolute atomic E-state index is 11.8. The largest absolute Gasteiger partial charge is 0.290 e. The van der Waals surface area contributed by atoms with Gasteiger partial charge in [0.15, 0.2) is 5.82 Å². The number of nitrogens with one attached hydrogen (secondary N) is 1. The molecule has 4 nitrogen and oxygen atoms in total. The van der Waals surface area contributed by atoms with Gasteiger partial charge in [-0.2, -0.15) is 5.10 Å². The molecule has 0 spiro atoms. The first-order valence-corrected chi connectivity index (χ1v) is 5.92. The zero-order chi connectivity index (χ0) is 13.1. The average molecular weight is 249 g/mol. The van der Waals surface area contributed by atoms with Crippen LogP contribution in [0.5, 0.6) is 0 Å². The highest BCUT2D eigenvalue weighted by Crippen LogP contribution is 2.16. The first kappa shape index (κ1) is 11.3. The van der Waals surface area contributed by atoms with E-state index in [-0.39, 0.29) is 5.56 Å². The fourth-order valence-corrected chi connectivity index (χ4v) is 1.85. The van der Waals surface area contributed by atoms with Crippen LogP contribution in [0.1, 0.15) is 0 Å². The minimum Gasteiger partial charge on any atom is -0.266 e. The molecule has 0 saturated heterocycles. The van der Waals surface area contributed by atoms with E-state index in [9.17, 15) is 4.79 Å². The van der Waals surface area contributed by atoms with Crippen LogP contribution in [0, 0.1) is 0 Å². The van der Waals surface area contributed by atoms with Crippen LogP contribution in [0.4, 0.5) is 0 Å². The summed E-state index contributed by atoms with van der Waals surface area (Å²) < 4.78 is 0. The minimum atomic E-state index is -0.286. The highest BCUT2D eigenvalue weighted by atomic mass is 16.1. The van der Waals surface area contributed by atoms with Crippen LogP contribution in [-0.4, -0.2) is 15.2 Å². The predicted molar refractivity (Wildman–Crippen MR) is 73.5 cm³/mol. The highest BCUT2D eigenvalue weighted by molar-refractivity contribution is 5.62. The molecule has 0 radical (unpaired) electrons. The Hall–Kier alpha value is -2.75. The normalized spacial score (nSPS) is 10.3. The molecule has 0 aliphatic heterocycles. The molecule has 4 heteroatoms. The van der Waals surface area contributed by atoms with E-state index in [0.29, 0.717) is 11.5 Å². The molecule has 0 aliphatic carbocycles. The summed E-state index contributed by atoms with van der Waals surface area (Å²) in [5.74, 6) is 0.513. The summed E-state index contributed by atoms with van der Waals surface area (Å²) in [6.07, 6.45) is 0. The van der Waals surface area contributed by atoms with Crippen LogP contribution in [0.3, 0.4) is 0 Å². The number of rotatable bonds is 2. The van der Waals surface area contributed by atoms with E-state index < -0.39 is 0 Å². The summed E-state index contributed by atoms with van der Waals surface area (Å²) in [6, 6.07) is 18.9. The van der Waals surface area contributed by atoms with Gasteiger partial charge in [0.25, 0.3) is 5.56 Å². The molecule has 0 unspecified atom stereocenters. The zero-order valence-corrected chi connectivity index (χ0v) is 10.1. The van der Waals surface area contributed by atoms with E-state index in [4.69, 9.17) is 0 Å². The highest BCUT2D eigenvalue weighted by Gasteiger charge is 2.08. The van der Waals surface area contributed by atoms with Crippen molar-refractivity contribution in [2.45, 2.75) is 0 Å². The van der Waals surface area contributed by atoms with Crippen molar-refractivity contribution in [3.8, 4) is 22.6 Å². The second-order valence-electron chi connectivity index (χ2n) is 4.07. The average Bonchev–Trinajstić information content (AvgIpc) is 2.49. The van der Waals surface area contributed by atoms with Crippen molar-refractivity contribution >= 4 is 0 Å². The Labute approximate surface area is 109 Å². The number of nitrogens with zero attached hydrogens (tertiary/aromatic N) is 2. The van der Waals surface area contributed by atoms with Crippen molar-refractivity contribution in [3.63, 3.8) is 0 Å². The third kappa shape index (κ3) is 2.28. The van der Waals surface area contributed by atoms with Gasteiger partial charge in [0.05, 0.1) is 0 Å². The molecule has 2 aromatic carbocycles. The Kier molecular flexibility index (Phi) is 2.90. The second-order valence-corrected chi connectivity index (χ2v) is 4.07. The van der Waals surface area contributed by atoms with E-state index in [1.165, 1.54) is 0 Å². The molecule has 0 saturated carbocycles. The van der Waals surface area contributed by atoms with Gasteiger partial charge in [-0.05, 0) is 0 Å². The van der Waals surface area contributed by atoms with Crippen LogP contribution in [0.2, 0.25) is 0 Å². The van der Waals surface area contributed by atoms with E-state index in [1.54, 1.807) is 0 Å². The molecule has 0 aliphatic rings. The summed E-state index contributed by atoms with van der Waals surface area (Å²) in [5, 5.41) is 6.48. The van der Waals surface area contributed by atoms with Gasteiger partial charge in [-0.1, -0.05) is 60.7 Å². The van der Waals surface area contributed by atoms with Crippen molar-refractivity contribution in [1.29, 1.82) is 0 Å². The summed E-state index contributed by atoms with van der Waals surface area (Å²) >= 11 is 0. The smallest absolute Gasteiger partial charge is 0.266 e. The number of benzene rings is 2. The molecular formula is C15H11N3O. The minimum absolute atomic E-state index is 0.286. The van der Waals surface area contributed by atoms with Gasteiger partial charge < -0.3 is 0 Å². The Morgan fingerprint density at radius 1 is 0.789 bits per heavy atom. The number of aromatic nitrogens is 3. The van der Waals surface area contributed by atoms with Crippen molar-refractivity contribution in [2.24, 2.45) is 0 Å². The lowest BCUT2D eigenvalue weighted by Gasteiger charge is -2.02. The van der Waals surface area contributed by atoms with Gasteiger partial charge in [-0.15, -0.1) is 0 Å². The standard InChI is InChI=1S/C15H11N3O/c19-15-13(11-7-3-1-4-8-11)16-14(17-18-15)12-9-5-2-6-10-12/h1-10H,(H,18,19). The summed E-state index contributed by atoms with van der Waals surface area (Å²) in [7, 11) is 0. The first-order valence-electron chi connectivity index (χ1n) is 5.92. The molecule has 0 atom stereocenters. The number of hydrogen-bond donors (Lipinski definition) is 1. The van der Waals surface area contributed by atoms with Gasteiger partial charge >= 0.3 is 0 Å². The van der Waals surface area contributed by atoms with E-state index in [0.717, 1.165) is 11.1 Å². The Morgan fingerprint density at radius 3 is 2.00 bits per heavy atom. The van der Waals surface area contributed by atoms with E-state index in [1.807, 2.05) is 60.7 Å². The lowest BCUT2D eigenvalue weighted by Crippen LogP contribution is -2.14. The molecule has 3 rings (SSSR count). The number of H-pyrrole nitrogens is 1. The Bertz CT molecular complexity index is 736. The SMILES string of the molecule is O=c1[nH]nc(-c2ccccc2)nc1-c1ccccc1. The molecule has 3 aromatic rings. The molecular weight excluding hydrogens is 238 g/mol. The van der Waals surface area contributed by atoms with Crippen molar-refractivity contribution in [3.05, 3.63) is 71.0 Å². The third-order valence-electron chi connectivity index (χ3n) is 2.78. The van der Waals surface area contributed by atoms with Gasteiger partial charge in [-0.25, -0.2) is 10.1 Å². The van der Waals surface area contributed by atoms with E-state index in [2.05, 4.69) is 15.2 Å². The molecule has 0 amide bonds. The van der Waals surface area contributed by atoms with Gasteiger partial charge in [0.1, 0.15) is 5.69 Å². The van der Waals surface area contributed by atoms with Crippen LogP contribution in [0.15, 0.2) is 65.5 Å². The molecule has 0 bridgehead atoms. The molecule has 1 heterocycles. The lowest BCUT2D eigenvalue weighted by molar-refractivity contribution is 0.946. The quantitative estimate of drug-likeness (QED) is 0.759. The first-order chi connectivity index (χ1) is 9.34. The predicted octanol–water partition coefficient (Wildman–Crippen LogP) is 2.50. The van der Waals surface area contributed by atoms with Crippen LogP contribution >= 0.6 is 0 Å². The van der Waals surface area contributed by atoms with Crippen molar-refractivity contribution in [1.82, 2.24) is 15.2 Å². The van der Waals surface area contributed by atoms with Crippen LogP contribution in [-0.2, 0) is 0 Å². The maximum Gasteiger partial charge on any atom is 0.290 e. The van der Waals surface area contributed by atoms with Gasteiger partial charge in [0.2, 0.25) is 0 Å². The Morgan fingerprint density at radius 2 is 1.37 bits per heavy atom. The van der Waals surface area contributed by atoms with Gasteiger partial charge in [0, 0.05) is 11.1 Å². The molecule has 92 valence electrons. The summed E-state index contributed by atoms with van der Waals surface area (Å²) in [6.45, 7) is 0. The van der Waals surface area contributed by atoms with Crippen LogP contribution in [0.25, 0.3) is 22.6 Å². The summed E-state index contributed by atoms with van der Waals surface area (Å²) in [5.41, 5.74) is 1.75. The molecule has 1 aromatic heterocycles. The second kappa shape index (κ2) is 4.86. The fourth-order valence-electron chi connectivity index (χ4n) is 1.85. The van der Waals surface area contributed by atoms with Crippen molar-refractivity contribution in [2.75, 3.05) is 0 Å². The van der Waals surface area contributed by atoms with Gasteiger partial charge in [-0.3, -0.25) is 4.79 Å². The number of hydrogen-bond acceptors (Lipinski definition) is 3.